The van der Waals surface area contributed by atoms with Crippen LogP contribution in [0.3, 0.4) is 0 Å². The van der Waals surface area contributed by atoms with Crippen LogP contribution in [0.2, 0.25) is 0 Å². The van der Waals surface area contributed by atoms with E-state index in [1.165, 1.54) is 12.5 Å². The van der Waals surface area contributed by atoms with Crippen molar-refractivity contribution in [3.8, 4) is 11.5 Å². The number of imidazole rings is 1. The molecule has 70 valence electrons. The lowest BCUT2D eigenvalue weighted by Crippen LogP contribution is -1.89. The molecule has 0 saturated carbocycles. The Kier molecular flexibility index (Phi) is 2.02. The Balaban J connectivity index is 2.48. The van der Waals surface area contributed by atoms with Crippen molar-refractivity contribution in [1.29, 1.82) is 0 Å². The van der Waals surface area contributed by atoms with Gasteiger partial charge in [-0.3, -0.25) is 4.79 Å². The number of aryl methyl sites for hydroxylation is 1. The van der Waals surface area contributed by atoms with E-state index in [4.69, 9.17) is 0 Å². The molecular formula is C8H7N5O. The van der Waals surface area contributed by atoms with Crippen LogP contribution >= 0.6 is 0 Å². The first-order valence-electron chi connectivity index (χ1n) is 3.96. The second-order valence-electron chi connectivity index (χ2n) is 2.70. The Hall–Kier alpha value is -2.11. The van der Waals surface area contributed by atoms with Crippen molar-refractivity contribution in [2.24, 2.45) is 0 Å². The zero-order chi connectivity index (χ0) is 9.97. The highest BCUT2D eigenvalue weighted by atomic mass is 16.1. The quantitative estimate of drug-likeness (QED) is 0.690. The monoisotopic (exact) mass is 189 g/mol. The standard InChI is InChI=1S/C8H7N5O/c1-5-7(3-14)13-8(12-5)6-2-10-11-4-9-6/h2-4H,1H3,(H,12,13). The average Bonchev–Trinajstić information content (AvgIpc) is 2.61. The minimum Gasteiger partial charge on any atom is -0.340 e. The van der Waals surface area contributed by atoms with Crippen LogP contribution in [0, 0.1) is 6.92 Å². The number of aromatic amines is 1. The molecule has 6 heteroatoms. The third-order valence-corrected chi connectivity index (χ3v) is 1.77. The third-order valence-electron chi connectivity index (χ3n) is 1.77. The molecule has 0 spiro atoms. The lowest BCUT2D eigenvalue weighted by Gasteiger charge is -1.90. The molecule has 0 aliphatic carbocycles. The molecule has 0 aliphatic heterocycles. The van der Waals surface area contributed by atoms with E-state index >= 15 is 0 Å². The van der Waals surface area contributed by atoms with E-state index in [1.54, 1.807) is 6.92 Å². The van der Waals surface area contributed by atoms with Crippen molar-refractivity contribution in [3.63, 3.8) is 0 Å². The Morgan fingerprint density at radius 2 is 2.29 bits per heavy atom. The summed E-state index contributed by atoms with van der Waals surface area (Å²) in [6, 6.07) is 0. The molecule has 0 fully saturated rings. The minimum atomic E-state index is 0.388. The zero-order valence-electron chi connectivity index (χ0n) is 7.43. The minimum absolute atomic E-state index is 0.388. The summed E-state index contributed by atoms with van der Waals surface area (Å²) in [5, 5.41) is 7.21. The van der Waals surface area contributed by atoms with Gasteiger partial charge in [-0.25, -0.2) is 9.97 Å². The van der Waals surface area contributed by atoms with Gasteiger partial charge in [-0.05, 0) is 6.92 Å². The summed E-state index contributed by atoms with van der Waals surface area (Å²) < 4.78 is 0. The van der Waals surface area contributed by atoms with Crippen LogP contribution in [0.4, 0.5) is 0 Å². The fourth-order valence-corrected chi connectivity index (χ4v) is 1.07. The van der Waals surface area contributed by atoms with Crippen LogP contribution in [-0.4, -0.2) is 31.4 Å². The van der Waals surface area contributed by atoms with Crippen LogP contribution in [-0.2, 0) is 0 Å². The molecule has 2 aromatic heterocycles. The Bertz CT molecular complexity index is 450. The maximum atomic E-state index is 10.5. The van der Waals surface area contributed by atoms with Gasteiger partial charge in [-0.2, -0.15) is 5.10 Å². The van der Waals surface area contributed by atoms with Crippen LogP contribution in [0.25, 0.3) is 11.5 Å². The van der Waals surface area contributed by atoms with Gasteiger partial charge in [0.1, 0.15) is 17.7 Å². The highest BCUT2D eigenvalue weighted by Gasteiger charge is 2.08. The summed E-state index contributed by atoms with van der Waals surface area (Å²) in [6.45, 7) is 1.77. The van der Waals surface area contributed by atoms with Crippen molar-refractivity contribution in [2.45, 2.75) is 6.92 Å². The summed E-state index contributed by atoms with van der Waals surface area (Å²) in [5.41, 5.74) is 1.67. The van der Waals surface area contributed by atoms with Gasteiger partial charge in [0.25, 0.3) is 0 Å². The van der Waals surface area contributed by atoms with Crippen LogP contribution in [0.5, 0.6) is 0 Å². The SMILES string of the molecule is Cc1[nH]c(-c2cnncn2)nc1C=O. The predicted octanol–water partition coefficient (Wildman–Crippen LogP) is 0.383. The summed E-state index contributed by atoms with van der Waals surface area (Å²) >= 11 is 0. The molecule has 1 N–H and O–H groups in total. The first-order chi connectivity index (χ1) is 6.81. The van der Waals surface area contributed by atoms with Crippen molar-refractivity contribution in [1.82, 2.24) is 25.1 Å². The van der Waals surface area contributed by atoms with E-state index in [0.29, 0.717) is 29.2 Å². The molecular weight excluding hydrogens is 182 g/mol. The average molecular weight is 189 g/mol. The Labute approximate surface area is 79.4 Å². The number of carbonyl (C=O) groups excluding carboxylic acids is 1. The molecule has 2 aromatic rings. The van der Waals surface area contributed by atoms with Crippen molar-refractivity contribution in [2.75, 3.05) is 0 Å². The summed E-state index contributed by atoms with van der Waals surface area (Å²) in [4.78, 5) is 21.5. The fraction of sp³-hybridized carbons (Fsp3) is 0.125. The van der Waals surface area contributed by atoms with Gasteiger partial charge in [-0.15, -0.1) is 5.10 Å². The third kappa shape index (κ3) is 1.37. The molecule has 0 saturated heterocycles. The van der Waals surface area contributed by atoms with Crippen molar-refractivity contribution >= 4 is 6.29 Å². The Morgan fingerprint density at radius 3 is 2.86 bits per heavy atom. The molecule has 2 heterocycles. The maximum absolute atomic E-state index is 10.5. The van der Waals surface area contributed by atoms with E-state index in [2.05, 4.69) is 25.1 Å². The van der Waals surface area contributed by atoms with E-state index in [0.717, 1.165) is 0 Å². The van der Waals surface area contributed by atoms with Gasteiger partial charge in [0.05, 0.1) is 6.20 Å². The van der Waals surface area contributed by atoms with Crippen molar-refractivity contribution < 1.29 is 4.79 Å². The molecule has 0 unspecified atom stereocenters. The zero-order valence-corrected chi connectivity index (χ0v) is 7.43. The molecule has 0 atom stereocenters. The molecule has 14 heavy (non-hydrogen) atoms. The molecule has 0 bridgehead atoms. The molecule has 0 radical (unpaired) electrons. The molecule has 2 rings (SSSR count). The number of rotatable bonds is 2. The van der Waals surface area contributed by atoms with Crippen LogP contribution in [0.15, 0.2) is 12.5 Å². The summed E-state index contributed by atoms with van der Waals surface area (Å²) in [5.74, 6) is 0.527. The van der Waals surface area contributed by atoms with Gasteiger partial charge in [0.15, 0.2) is 12.1 Å². The van der Waals surface area contributed by atoms with E-state index < -0.39 is 0 Å². The van der Waals surface area contributed by atoms with Crippen LogP contribution < -0.4 is 0 Å². The molecule has 0 amide bonds. The smallest absolute Gasteiger partial charge is 0.170 e. The first-order valence-corrected chi connectivity index (χ1v) is 3.96. The topological polar surface area (TPSA) is 84.4 Å². The Morgan fingerprint density at radius 1 is 1.43 bits per heavy atom. The number of hydrogen-bond acceptors (Lipinski definition) is 5. The van der Waals surface area contributed by atoms with Crippen molar-refractivity contribution in [3.05, 3.63) is 23.9 Å². The summed E-state index contributed by atoms with van der Waals surface area (Å²) in [7, 11) is 0. The lowest BCUT2D eigenvalue weighted by atomic mass is 10.4. The number of nitrogens with one attached hydrogen (secondary N) is 1. The van der Waals surface area contributed by atoms with Gasteiger partial charge in [-0.1, -0.05) is 0 Å². The van der Waals surface area contributed by atoms with Crippen LogP contribution in [0.1, 0.15) is 16.2 Å². The second-order valence-corrected chi connectivity index (χ2v) is 2.70. The second kappa shape index (κ2) is 3.33. The largest absolute Gasteiger partial charge is 0.340 e. The van der Waals surface area contributed by atoms with E-state index in [9.17, 15) is 4.79 Å². The lowest BCUT2D eigenvalue weighted by molar-refractivity contribution is 0.111. The predicted molar refractivity (Wildman–Crippen MR) is 47.5 cm³/mol. The highest BCUT2D eigenvalue weighted by Crippen LogP contribution is 2.12. The van der Waals surface area contributed by atoms with Gasteiger partial charge in [0, 0.05) is 5.69 Å². The van der Waals surface area contributed by atoms with Gasteiger partial charge >= 0.3 is 0 Å². The van der Waals surface area contributed by atoms with Gasteiger partial charge in [0.2, 0.25) is 0 Å². The fourth-order valence-electron chi connectivity index (χ4n) is 1.07. The molecule has 0 aromatic carbocycles. The number of aromatic nitrogens is 5. The highest BCUT2D eigenvalue weighted by molar-refractivity contribution is 5.75. The maximum Gasteiger partial charge on any atom is 0.170 e. The van der Waals surface area contributed by atoms with E-state index in [1.807, 2.05) is 0 Å². The summed E-state index contributed by atoms with van der Waals surface area (Å²) in [6.07, 6.45) is 3.50. The van der Waals surface area contributed by atoms with E-state index in [-0.39, 0.29) is 0 Å². The number of nitrogens with zero attached hydrogens (tertiary/aromatic N) is 4. The number of aldehydes is 1. The first kappa shape index (κ1) is 8.49. The number of carbonyl (C=O) groups is 1. The number of H-pyrrole nitrogens is 1. The molecule has 6 nitrogen and oxygen atoms in total. The van der Waals surface area contributed by atoms with Gasteiger partial charge < -0.3 is 4.98 Å². The molecule has 0 aliphatic rings. The number of hydrogen-bond donors (Lipinski definition) is 1. The normalized spacial score (nSPS) is 10.1.